The molecule has 8 heteroatoms. The SMILES string of the molecule is COC(=O)[C@H]1C[C@H](O)CN1S(=O)(=O)c1ccc(Cl)cc1. The van der Waals surface area contributed by atoms with Gasteiger partial charge in [0.2, 0.25) is 10.0 Å². The van der Waals surface area contributed by atoms with Crippen LogP contribution in [-0.2, 0) is 19.6 Å². The van der Waals surface area contributed by atoms with E-state index in [9.17, 15) is 18.3 Å². The minimum atomic E-state index is -3.88. The number of carbonyl (C=O) groups excluding carboxylic acids is 1. The van der Waals surface area contributed by atoms with Gasteiger partial charge in [-0.05, 0) is 24.3 Å². The Morgan fingerprint density at radius 1 is 1.40 bits per heavy atom. The van der Waals surface area contributed by atoms with Crippen LogP contribution in [0.5, 0.6) is 0 Å². The van der Waals surface area contributed by atoms with Gasteiger partial charge in [0.1, 0.15) is 6.04 Å². The van der Waals surface area contributed by atoms with Crippen molar-refractivity contribution in [3.05, 3.63) is 29.3 Å². The largest absolute Gasteiger partial charge is 0.468 e. The summed E-state index contributed by atoms with van der Waals surface area (Å²) in [6.07, 6.45) is -0.861. The van der Waals surface area contributed by atoms with Gasteiger partial charge in [0, 0.05) is 18.0 Å². The quantitative estimate of drug-likeness (QED) is 0.826. The Balaban J connectivity index is 2.37. The van der Waals surface area contributed by atoms with E-state index in [1.165, 1.54) is 31.4 Å². The molecule has 0 saturated carbocycles. The van der Waals surface area contributed by atoms with Crippen LogP contribution in [0.15, 0.2) is 29.2 Å². The number of β-amino-alcohol motifs (C(OH)–C–C–N with tert-alkyl or cyclic N) is 1. The third-order valence-corrected chi connectivity index (χ3v) is 5.27. The van der Waals surface area contributed by atoms with Gasteiger partial charge in [-0.15, -0.1) is 0 Å². The summed E-state index contributed by atoms with van der Waals surface area (Å²) in [4.78, 5) is 11.7. The van der Waals surface area contributed by atoms with Crippen molar-refractivity contribution in [2.24, 2.45) is 0 Å². The second-order valence-corrected chi connectivity index (χ2v) is 6.78. The summed E-state index contributed by atoms with van der Waals surface area (Å²) in [5.74, 6) is -0.681. The predicted octanol–water partition coefficient (Wildman–Crippen LogP) is 0.637. The van der Waals surface area contributed by atoms with Crippen LogP contribution in [0.2, 0.25) is 5.02 Å². The molecule has 0 spiro atoms. The molecule has 0 radical (unpaired) electrons. The molecular weight excluding hydrogens is 306 g/mol. The molecule has 0 amide bonds. The van der Waals surface area contributed by atoms with Crippen molar-refractivity contribution in [2.45, 2.75) is 23.5 Å². The number of esters is 1. The molecule has 1 N–H and O–H groups in total. The Hall–Kier alpha value is -1.15. The second kappa shape index (κ2) is 5.69. The van der Waals surface area contributed by atoms with Crippen molar-refractivity contribution in [2.75, 3.05) is 13.7 Å². The number of carbonyl (C=O) groups is 1. The average Bonchev–Trinajstić information content (AvgIpc) is 2.81. The number of benzene rings is 1. The first-order valence-electron chi connectivity index (χ1n) is 5.89. The minimum absolute atomic E-state index is 0.0184. The molecule has 0 aliphatic carbocycles. The zero-order valence-corrected chi connectivity index (χ0v) is 12.3. The highest BCUT2D eigenvalue weighted by molar-refractivity contribution is 7.89. The Kier molecular flexibility index (Phi) is 4.33. The van der Waals surface area contributed by atoms with Crippen molar-refractivity contribution in [1.82, 2.24) is 4.31 Å². The predicted molar refractivity (Wildman–Crippen MR) is 71.8 cm³/mol. The van der Waals surface area contributed by atoms with E-state index in [1.807, 2.05) is 0 Å². The van der Waals surface area contributed by atoms with Crippen LogP contribution in [0.1, 0.15) is 6.42 Å². The molecule has 1 aromatic rings. The summed E-state index contributed by atoms with van der Waals surface area (Å²) < 4.78 is 30.5. The van der Waals surface area contributed by atoms with E-state index in [0.717, 1.165) is 4.31 Å². The van der Waals surface area contributed by atoms with Gasteiger partial charge in [-0.2, -0.15) is 4.31 Å². The summed E-state index contributed by atoms with van der Waals surface area (Å²) in [5, 5.41) is 10.0. The van der Waals surface area contributed by atoms with Crippen LogP contribution in [0, 0.1) is 0 Å². The van der Waals surface area contributed by atoms with E-state index in [0.29, 0.717) is 5.02 Å². The highest BCUT2D eigenvalue weighted by Crippen LogP contribution is 2.27. The molecule has 2 atom stereocenters. The fourth-order valence-electron chi connectivity index (χ4n) is 2.14. The summed E-state index contributed by atoms with van der Waals surface area (Å²) in [5.41, 5.74) is 0. The van der Waals surface area contributed by atoms with Crippen LogP contribution in [0.4, 0.5) is 0 Å². The summed E-state index contributed by atoms with van der Waals surface area (Å²) in [7, 11) is -2.70. The van der Waals surface area contributed by atoms with Gasteiger partial charge >= 0.3 is 5.97 Å². The molecular formula is C12H14ClNO5S. The molecule has 1 saturated heterocycles. The van der Waals surface area contributed by atoms with Gasteiger partial charge in [-0.25, -0.2) is 8.42 Å². The number of halogens is 1. The molecule has 0 unspecified atom stereocenters. The van der Waals surface area contributed by atoms with E-state index < -0.39 is 28.1 Å². The van der Waals surface area contributed by atoms with Crippen molar-refractivity contribution < 1.29 is 23.1 Å². The molecule has 1 heterocycles. The molecule has 6 nitrogen and oxygen atoms in total. The standard InChI is InChI=1S/C12H14ClNO5S/c1-19-12(16)11-6-9(15)7-14(11)20(17,18)10-4-2-8(13)3-5-10/h2-5,9,11,15H,6-7H2,1H3/t9-,11+/m0/s1. The third kappa shape index (κ3) is 2.80. The highest BCUT2D eigenvalue weighted by Gasteiger charge is 2.44. The number of hydrogen-bond acceptors (Lipinski definition) is 5. The molecule has 1 fully saturated rings. The summed E-state index contributed by atoms with van der Waals surface area (Å²) in [6.45, 7) is -0.134. The lowest BCUT2D eigenvalue weighted by molar-refractivity contribution is -0.144. The smallest absolute Gasteiger partial charge is 0.324 e. The van der Waals surface area contributed by atoms with Crippen molar-refractivity contribution >= 4 is 27.6 Å². The maximum Gasteiger partial charge on any atom is 0.324 e. The Labute approximate surface area is 122 Å². The number of aliphatic hydroxyl groups excluding tert-OH is 1. The van der Waals surface area contributed by atoms with E-state index in [-0.39, 0.29) is 17.9 Å². The fraction of sp³-hybridized carbons (Fsp3) is 0.417. The maximum atomic E-state index is 12.5. The molecule has 0 bridgehead atoms. The van der Waals surface area contributed by atoms with E-state index in [2.05, 4.69) is 4.74 Å². The second-order valence-electron chi connectivity index (χ2n) is 4.46. The van der Waals surface area contributed by atoms with Gasteiger partial charge in [-0.1, -0.05) is 11.6 Å². The van der Waals surface area contributed by atoms with E-state index in [1.54, 1.807) is 0 Å². The lowest BCUT2D eigenvalue weighted by Gasteiger charge is -2.21. The molecule has 1 aliphatic rings. The monoisotopic (exact) mass is 319 g/mol. The van der Waals surface area contributed by atoms with Gasteiger partial charge in [0.05, 0.1) is 18.1 Å². The molecule has 1 aromatic carbocycles. The van der Waals surface area contributed by atoms with Crippen LogP contribution in [-0.4, -0.2) is 49.6 Å². The van der Waals surface area contributed by atoms with Crippen molar-refractivity contribution in [1.29, 1.82) is 0 Å². The first kappa shape index (κ1) is 15.2. The van der Waals surface area contributed by atoms with Gasteiger partial charge in [-0.3, -0.25) is 4.79 Å². The van der Waals surface area contributed by atoms with Crippen molar-refractivity contribution in [3.63, 3.8) is 0 Å². The Bertz CT molecular complexity index is 601. The van der Waals surface area contributed by atoms with Crippen molar-refractivity contribution in [3.8, 4) is 0 Å². The highest BCUT2D eigenvalue weighted by atomic mass is 35.5. The number of nitrogens with zero attached hydrogens (tertiary/aromatic N) is 1. The van der Waals surface area contributed by atoms with Crippen LogP contribution in [0.3, 0.4) is 0 Å². The molecule has 110 valence electrons. The lowest BCUT2D eigenvalue weighted by atomic mass is 10.2. The molecule has 20 heavy (non-hydrogen) atoms. The van der Waals surface area contributed by atoms with E-state index >= 15 is 0 Å². The van der Waals surface area contributed by atoms with Gasteiger partial charge < -0.3 is 9.84 Å². The molecule has 0 aromatic heterocycles. The van der Waals surface area contributed by atoms with Crippen LogP contribution >= 0.6 is 11.6 Å². The van der Waals surface area contributed by atoms with Crippen LogP contribution < -0.4 is 0 Å². The number of methoxy groups -OCH3 is 1. The van der Waals surface area contributed by atoms with Gasteiger partial charge in [0.25, 0.3) is 0 Å². The number of hydrogen-bond donors (Lipinski definition) is 1. The number of rotatable bonds is 3. The first-order valence-corrected chi connectivity index (χ1v) is 7.71. The number of ether oxygens (including phenoxy) is 1. The summed E-state index contributed by atoms with van der Waals surface area (Å²) in [6, 6.07) is 4.62. The topological polar surface area (TPSA) is 83.9 Å². The lowest BCUT2D eigenvalue weighted by Crippen LogP contribution is -2.41. The fourth-order valence-corrected chi connectivity index (χ4v) is 3.89. The number of sulfonamides is 1. The van der Waals surface area contributed by atoms with Crippen LogP contribution in [0.25, 0.3) is 0 Å². The first-order chi connectivity index (χ1) is 9.36. The van der Waals surface area contributed by atoms with Gasteiger partial charge in [0.15, 0.2) is 0 Å². The zero-order chi connectivity index (χ0) is 14.9. The molecule has 2 rings (SSSR count). The maximum absolute atomic E-state index is 12.5. The third-order valence-electron chi connectivity index (χ3n) is 3.13. The molecule has 1 aliphatic heterocycles. The Morgan fingerprint density at radius 3 is 2.55 bits per heavy atom. The zero-order valence-electron chi connectivity index (χ0n) is 10.7. The minimum Gasteiger partial charge on any atom is -0.468 e. The average molecular weight is 320 g/mol. The number of aliphatic hydroxyl groups is 1. The van der Waals surface area contributed by atoms with E-state index in [4.69, 9.17) is 11.6 Å². The Morgan fingerprint density at radius 2 is 2.00 bits per heavy atom. The summed E-state index contributed by atoms with van der Waals surface area (Å²) >= 11 is 5.72. The normalized spacial score (nSPS) is 23.8.